The van der Waals surface area contributed by atoms with Crippen molar-refractivity contribution in [2.75, 3.05) is 5.32 Å². The molecule has 0 saturated heterocycles. The summed E-state index contributed by atoms with van der Waals surface area (Å²) < 4.78 is 0. The van der Waals surface area contributed by atoms with E-state index in [-0.39, 0.29) is 0 Å². The number of nitrogens with one attached hydrogen (secondary N) is 2. The van der Waals surface area contributed by atoms with Crippen LogP contribution in [-0.2, 0) is 6.54 Å². The zero-order chi connectivity index (χ0) is 11.5. The molecular weight excluding hydrogens is 208 g/mol. The maximum atomic E-state index is 3.47. The van der Waals surface area contributed by atoms with Crippen LogP contribution in [0, 0.1) is 0 Å². The quantitative estimate of drug-likeness (QED) is 0.693. The summed E-state index contributed by atoms with van der Waals surface area (Å²) in [5.41, 5.74) is 3.63. The fourth-order valence-electron chi connectivity index (χ4n) is 2.03. The number of benzene rings is 2. The van der Waals surface area contributed by atoms with Crippen LogP contribution < -0.4 is 5.32 Å². The number of aromatic nitrogens is 1. The van der Waals surface area contributed by atoms with Crippen molar-refractivity contribution in [2.45, 2.75) is 6.54 Å². The minimum absolute atomic E-state index is 0.852. The van der Waals surface area contributed by atoms with E-state index in [1.807, 2.05) is 12.3 Å². The molecule has 1 heterocycles. The van der Waals surface area contributed by atoms with E-state index in [1.54, 1.807) is 0 Å². The number of anilines is 1. The van der Waals surface area contributed by atoms with Crippen molar-refractivity contribution in [3.8, 4) is 0 Å². The third-order valence-electron chi connectivity index (χ3n) is 2.92. The second-order valence-corrected chi connectivity index (χ2v) is 4.08. The van der Waals surface area contributed by atoms with E-state index in [0.29, 0.717) is 0 Å². The van der Waals surface area contributed by atoms with Crippen LogP contribution in [0.25, 0.3) is 10.9 Å². The van der Waals surface area contributed by atoms with Gasteiger partial charge in [-0.15, -0.1) is 0 Å². The predicted molar refractivity (Wildman–Crippen MR) is 72.1 cm³/mol. The van der Waals surface area contributed by atoms with E-state index in [0.717, 1.165) is 6.54 Å². The van der Waals surface area contributed by atoms with Gasteiger partial charge in [-0.1, -0.05) is 36.4 Å². The van der Waals surface area contributed by atoms with Gasteiger partial charge in [-0.2, -0.15) is 0 Å². The third kappa shape index (κ3) is 2.02. The van der Waals surface area contributed by atoms with Crippen LogP contribution in [0.5, 0.6) is 0 Å². The Hall–Kier alpha value is -2.22. The lowest BCUT2D eigenvalue weighted by molar-refractivity contribution is 1.15. The van der Waals surface area contributed by atoms with Crippen molar-refractivity contribution in [3.05, 3.63) is 66.4 Å². The monoisotopic (exact) mass is 222 g/mol. The van der Waals surface area contributed by atoms with E-state index in [2.05, 4.69) is 58.8 Å². The van der Waals surface area contributed by atoms with Crippen molar-refractivity contribution in [3.63, 3.8) is 0 Å². The Morgan fingerprint density at radius 1 is 0.882 bits per heavy atom. The maximum Gasteiger partial charge on any atom is 0.0474 e. The lowest BCUT2D eigenvalue weighted by Gasteiger charge is -2.07. The van der Waals surface area contributed by atoms with Crippen molar-refractivity contribution < 1.29 is 0 Å². The maximum absolute atomic E-state index is 3.47. The number of H-pyrrole nitrogens is 1. The Bertz CT molecular complexity index is 611. The summed E-state index contributed by atoms with van der Waals surface area (Å²) in [5.74, 6) is 0. The molecule has 0 amide bonds. The fourth-order valence-corrected chi connectivity index (χ4v) is 2.03. The molecule has 0 aliphatic carbocycles. The lowest BCUT2D eigenvalue weighted by Crippen LogP contribution is -1.99. The highest BCUT2D eigenvalue weighted by Gasteiger charge is 2.00. The summed E-state index contributed by atoms with van der Waals surface area (Å²) in [4.78, 5) is 3.22. The largest absolute Gasteiger partial charge is 0.380 e. The number of fused-ring (bicyclic) bond motifs is 1. The molecule has 0 aliphatic rings. The molecule has 3 aromatic rings. The molecule has 0 unspecified atom stereocenters. The van der Waals surface area contributed by atoms with Gasteiger partial charge in [0.2, 0.25) is 0 Å². The molecule has 17 heavy (non-hydrogen) atoms. The standard InChI is InChI=1S/C15H14N2/c1-2-5-12(6-3-1)11-17-15-8-4-7-14-13(15)9-10-16-14/h1-10,16-17H,11H2. The molecule has 0 spiro atoms. The zero-order valence-corrected chi connectivity index (χ0v) is 9.48. The molecule has 2 nitrogen and oxygen atoms in total. The minimum atomic E-state index is 0.852. The summed E-state index contributed by atoms with van der Waals surface area (Å²) >= 11 is 0. The average Bonchev–Trinajstić information content (AvgIpc) is 2.86. The Morgan fingerprint density at radius 3 is 2.65 bits per heavy atom. The van der Waals surface area contributed by atoms with Crippen LogP contribution in [0.4, 0.5) is 5.69 Å². The molecule has 3 rings (SSSR count). The summed E-state index contributed by atoms with van der Waals surface area (Å²) in [5, 5.41) is 4.71. The van der Waals surface area contributed by atoms with E-state index < -0.39 is 0 Å². The molecule has 2 aromatic carbocycles. The molecule has 0 radical (unpaired) electrons. The van der Waals surface area contributed by atoms with Crippen LogP contribution in [0.2, 0.25) is 0 Å². The molecule has 0 aliphatic heterocycles. The van der Waals surface area contributed by atoms with Gasteiger partial charge in [-0.3, -0.25) is 0 Å². The zero-order valence-electron chi connectivity index (χ0n) is 9.48. The molecule has 2 N–H and O–H groups in total. The van der Waals surface area contributed by atoms with Crippen molar-refractivity contribution in [1.82, 2.24) is 4.98 Å². The van der Waals surface area contributed by atoms with Crippen LogP contribution in [0.1, 0.15) is 5.56 Å². The fraction of sp³-hybridized carbons (Fsp3) is 0.0667. The molecule has 0 saturated carbocycles. The second-order valence-electron chi connectivity index (χ2n) is 4.08. The van der Waals surface area contributed by atoms with E-state index in [1.165, 1.54) is 22.2 Å². The normalized spacial score (nSPS) is 10.6. The smallest absolute Gasteiger partial charge is 0.0474 e. The Kier molecular flexibility index (Phi) is 2.54. The molecule has 1 aromatic heterocycles. The minimum Gasteiger partial charge on any atom is -0.380 e. The van der Waals surface area contributed by atoms with E-state index in [9.17, 15) is 0 Å². The molecule has 0 atom stereocenters. The second kappa shape index (κ2) is 4.34. The van der Waals surface area contributed by atoms with Gasteiger partial charge in [-0.05, 0) is 23.8 Å². The van der Waals surface area contributed by atoms with E-state index in [4.69, 9.17) is 0 Å². The SMILES string of the molecule is c1ccc(CNc2cccc3[nH]ccc23)cc1. The highest BCUT2D eigenvalue weighted by Crippen LogP contribution is 2.22. The first-order valence-electron chi connectivity index (χ1n) is 5.77. The average molecular weight is 222 g/mol. The topological polar surface area (TPSA) is 27.8 Å². The van der Waals surface area contributed by atoms with Gasteiger partial charge in [0.1, 0.15) is 0 Å². The van der Waals surface area contributed by atoms with Gasteiger partial charge in [-0.25, -0.2) is 0 Å². The highest BCUT2D eigenvalue weighted by molar-refractivity contribution is 5.91. The third-order valence-corrected chi connectivity index (χ3v) is 2.92. The predicted octanol–water partition coefficient (Wildman–Crippen LogP) is 3.78. The van der Waals surface area contributed by atoms with Gasteiger partial charge < -0.3 is 10.3 Å². The van der Waals surface area contributed by atoms with Crippen LogP contribution in [0.3, 0.4) is 0 Å². The van der Waals surface area contributed by atoms with Crippen LogP contribution in [-0.4, -0.2) is 4.98 Å². The Balaban J connectivity index is 1.84. The first-order valence-corrected chi connectivity index (χ1v) is 5.77. The van der Waals surface area contributed by atoms with Crippen molar-refractivity contribution in [1.29, 1.82) is 0 Å². The number of hydrogen-bond acceptors (Lipinski definition) is 1. The number of rotatable bonds is 3. The highest BCUT2D eigenvalue weighted by atomic mass is 14.9. The summed E-state index contributed by atoms with van der Waals surface area (Å²) in [6.45, 7) is 0.852. The van der Waals surface area contributed by atoms with E-state index >= 15 is 0 Å². The molecule has 2 heteroatoms. The van der Waals surface area contributed by atoms with Gasteiger partial charge in [0.05, 0.1) is 0 Å². The first-order chi connectivity index (χ1) is 8.43. The molecule has 0 bridgehead atoms. The summed E-state index contributed by atoms with van der Waals surface area (Å²) in [6, 6.07) is 18.8. The van der Waals surface area contributed by atoms with Gasteiger partial charge in [0, 0.05) is 29.3 Å². The van der Waals surface area contributed by atoms with Gasteiger partial charge in [0.25, 0.3) is 0 Å². The van der Waals surface area contributed by atoms with Crippen LogP contribution >= 0.6 is 0 Å². The van der Waals surface area contributed by atoms with Crippen molar-refractivity contribution >= 4 is 16.6 Å². The van der Waals surface area contributed by atoms with Gasteiger partial charge >= 0.3 is 0 Å². The summed E-state index contributed by atoms with van der Waals surface area (Å²) in [7, 11) is 0. The van der Waals surface area contributed by atoms with Crippen LogP contribution in [0.15, 0.2) is 60.8 Å². The first kappa shape index (κ1) is 9.97. The Morgan fingerprint density at radius 2 is 1.76 bits per heavy atom. The molecule has 84 valence electrons. The van der Waals surface area contributed by atoms with Gasteiger partial charge in [0.15, 0.2) is 0 Å². The lowest BCUT2D eigenvalue weighted by atomic mass is 10.2. The molecule has 0 fully saturated rings. The summed E-state index contributed by atoms with van der Waals surface area (Å²) in [6.07, 6.45) is 1.97. The molecular formula is C15H14N2. The van der Waals surface area contributed by atoms with Crippen molar-refractivity contribution in [2.24, 2.45) is 0 Å². The number of aromatic amines is 1. The Labute approximate surface area is 100 Å². The number of hydrogen-bond donors (Lipinski definition) is 2.